The van der Waals surface area contributed by atoms with Gasteiger partial charge in [-0.15, -0.1) is 0 Å². The number of carbonyl (C=O) groups is 1. The molecule has 1 fully saturated rings. The van der Waals surface area contributed by atoms with Gasteiger partial charge in [0, 0.05) is 18.7 Å². The largest absolute Gasteiger partial charge is 0.312 e. The molecule has 1 heterocycles. The second-order valence-corrected chi connectivity index (χ2v) is 11.5. The van der Waals surface area contributed by atoms with Crippen LogP contribution in [0.25, 0.3) is 0 Å². The second kappa shape index (κ2) is 9.72. The predicted molar refractivity (Wildman–Crippen MR) is 113 cm³/mol. The van der Waals surface area contributed by atoms with E-state index >= 15 is 0 Å². The number of rotatable bonds is 9. The Balaban J connectivity index is 1.64. The first kappa shape index (κ1) is 21.9. The Kier molecular flexibility index (Phi) is 7.90. The number of amides is 1. The van der Waals surface area contributed by atoms with Gasteiger partial charge in [-0.2, -0.15) is 0 Å². The lowest BCUT2D eigenvalue weighted by Gasteiger charge is -2.26. The molecule has 1 aromatic rings. The monoisotopic (exact) mass is 393 g/mol. The molecule has 0 spiro atoms. The molecule has 1 amide bonds. The highest BCUT2D eigenvalue weighted by atomic mass is 32.2. The number of benzene rings is 1. The number of carbonyl (C=O) groups excluding carboxylic acids is 1. The van der Waals surface area contributed by atoms with Gasteiger partial charge < -0.3 is 4.90 Å². The van der Waals surface area contributed by atoms with E-state index in [2.05, 4.69) is 24.3 Å². The normalized spacial score (nSPS) is 16.0. The van der Waals surface area contributed by atoms with Crippen molar-refractivity contribution < 1.29 is 13.2 Å². The Morgan fingerprint density at radius 1 is 0.926 bits per heavy atom. The van der Waals surface area contributed by atoms with E-state index < -0.39 is 14.6 Å². The van der Waals surface area contributed by atoms with Crippen molar-refractivity contribution in [1.29, 1.82) is 0 Å². The van der Waals surface area contributed by atoms with E-state index in [1.54, 1.807) is 20.8 Å². The zero-order chi connectivity index (χ0) is 19.9. The van der Waals surface area contributed by atoms with Gasteiger partial charge in [0.15, 0.2) is 9.84 Å². The molecule has 1 saturated heterocycles. The predicted octanol–water partition coefficient (Wildman–Crippen LogP) is 4.91. The Labute approximate surface area is 165 Å². The highest BCUT2D eigenvalue weighted by Gasteiger charge is 2.27. The molecule has 4 nitrogen and oxygen atoms in total. The van der Waals surface area contributed by atoms with Crippen LogP contribution < -0.4 is 4.90 Å². The number of piperidine rings is 1. The minimum absolute atomic E-state index is 0.238. The van der Waals surface area contributed by atoms with E-state index in [1.807, 2.05) is 4.90 Å². The topological polar surface area (TPSA) is 54.5 Å². The summed E-state index contributed by atoms with van der Waals surface area (Å²) in [5.74, 6) is 0.537. The molecule has 1 aromatic carbocycles. The third-order valence-corrected chi connectivity index (χ3v) is 8.08. The van der Waals surface area contributed by atoms with Gasteiger partial charge in [-0.3, -0.25) is 4.79 Å². The Bertz CT molecular complexity index is 702. The van der Waals surface area contributed by atoms with E-state index in [0.717, 1.165) is 63.6 Å². The molecular formula is C22H35NO3S. The van der Waals surface area contributed by atoms with Gasteiger partial charge in [0.25, 0.3) is 0 Å². The minimum atomic E-state index is -2.98. The molecule has 0 saturated carbocycles. The summed E-state index contributed by atoms with van der Waals surface area (Å²) in [4.78, 5) is 13.9. The summed E-state index contributed by atoms with van der Waals surface area (Å²) < 4.78 is 23.5. The molecule has 0 unspecified atom stereocenters. The molecule has 1 aliphatic rings. The molecule has 152 valence electrons. The first-order valence-corrected chi connectivity index (χ1v) is 12.0. The number of nitrogens with zero attached hydrogens (tertiary/aromatic N) is 1. The molecule has 0 aromatic heterocycles. The van der Waals surface area contributed by atoms with Crippen LogP contribution >= 0.6 is 0 Å². The molecule has 1 aliphatic heterocycles. The summed E-state index contributed by atoms with van der Waals surface area (Å²) in [6, 6.07) is 8.39. The lowest BCUT2D eigenvalue weighted by Crippen LogP contribution is -2.35. The zero-order valence-corrected chi connectivity index (χ0v) is 18.0. The lowest BCUT2D eigenvalue weighted by atomic mass is 10.0. The van der Waals surface area contributed by atoms with Gasteiger partial charge in [0.2, 0.25) is 5.91 Å². The summed E-state index contributed by atoms with van der Waals surface area (Å²) >= 11 is 0. The molecule has 0 bridgehead atoms. The van der Waals surface area contributed by atoms with Gasteiger partial charge in [-0.05, 0) is 70.6 Å². The van der Waals surface area contributed by atoms with Gasteiger partial charge in [-0.25, -0.2) is 8.42 Å². The van der Waals surface area contributed by atoms with Crippen LogP contribution in [0.5, 0.6) is 0 Å². The summed E-state index contributed by atoms with van der Waals surface area (Å²) in [7, 11) is -2.98. The molecule has 5 heteroatoms. The van der Waals surface area contributed by atoms with E-state index in [-0.39, 0.29) is 5.91 Å². The van der Waals surface area contributed by atoms with Crippen LogP contribution in [0.2, 0.25) is 0 Å². The smallest absolute Gasteiger partial charge is 0.226 e. The lowest BCUT2D eigenvalue weighted by molar-refractivity contribution is -0.119. The summed E-state index contributed by atoms with van der Waals surface area (Å²) in [5.41, 5.74) is 2.32. The van der Waals surface area contributed by atoms with Crippen molar-refractivity contribution in [3.8, 4) is 0 Å². The first-order chi connectivity index (χ1) is 12.7. The van der Waals surface area contributed by atoms with Crippen LogP contribution in [-0.2, 0) is 21.1 Å². The van der Waals surface area contributed by atoms with Crippen LogP contribution in [0.1, 0.15) is 77.7 Å². The number of hydrogen-bond donors (Lipinski definition) is 0. The quantitative estimate of drug-likeness (QED) is 0.560. The number of aryl methyl sites for hydroxylation is 1. The number of hydrogen-bond acceptors (Lipinski definition) is 3. The molecule has 0 radical (unpaired) electrons. The Morgan fingerprint density at radius 2 is 1.56 bits per heavy atom. The fourth-order valence-corrected chi connectivity index (χ4v) is 4.58. The van der Waals surface area contributed by atoms with Crippen molar-refractivity contribution in [2.75, 3.05) is 17.2 Å². The van der Waals surface area contributed by atoms with E-state index in [9.17, 15) is 13.2 Å². The number of sulfone groups is 1. The van der Waals surface area contributed by atoms with Crippen molar-refractivity contribution in [2.45, 2.75) is 83.3 Å². The molecular weight excluding hydrogens is 358 g/mol. The highest BCUT2D eigenvalue weighted by molar-refractivity contribution is 7.92. The summed E-state index contributed by atoms with van der Waals surface area (Å²) in [6.45, 7) is 6.15. The molecule has 27 heavy (non-hydrogen) atoms. The van der Waals surface area contributed by atoms with Gasteiger partial charge >= 0.3 is 0 Å². The average molecular weight is 394 g/mol. The SMILES string of the molecule is CC(C)(C)S(=O)(=O)CCCCCCCc1ccc(N2CCCCC2=O)cc1. The number of anilines is 1. The average Bonchev–Trinajstić information content (AvgIpc) is 2.61. The fourth-order valence-electron chi connectivity index (χ4n) is 3.38. The molecule has 0 atom stereocenters. The fraction of sp³-hybridized carbons (Fsp3) is 0.682. The third-order valence-electron chi connectivity index (χ3n) is 5.38. The maximum atomic E-state index is 12.1. The van der Waals surface area contributed by atoms with Gasteiger partial charge in [0.1, 0.15) is 0 Å². The maximum absolute atomic E-state index is 12.1. The van der Waals surface area contributed by atoms with Crippen LogP contribution in [0.4, 0.5) is 5.69 Å². The first-order valence-electron chi connectivity index (χ1n) is 10.3. The zero-order valence-electron chi connectivity index (χ0n) is 17.2. The van der Waals surface area contributed by atoms with E-state index in [1.165, 1.54) is 5.56 Å². The minimum Gasteiger partial charge on any atom is -0.312 e. The van der Waals surface area contributed by atoms with Crippen molar-refractivity contribution in [3.05, 3.63) is 29.8 Å². The van der Waals surface area contributed by atoms with Gasteiger partial charge in [-0.1, -0.05) is 31.4 Å². The third kappa shape index (κ3) is 6.63. The molecule has 0 aliphatic carbocycles. The van der Waals surface area contributed by atoms with Crippen LogP contribution in [0.3, 0.4) is 0 Å². The second-order valence-electron chi connectivity index (χ2n) is 8.62. The standard InChI is InChI=1S/C22H35NO3S/c1-22(2,3)27(25,26)18-10-6-4-5-7-11-19-13-15-20(16-14-19)23-17-9-8-12-21(23)24/h13-16H,4-12,17-18H2,1-3H3. The highest BCUT2D eigenvalue weighted by Crippen LogP contribution is 2.22. The van der Waals surface area contributed by atoms with E-state index in [4.69, 9.17) is 0 Å². The van der Waals surface area contributed by atoms with Crippen LogP contribution in [0.15, 0.2) is 24.3 Å². The van der Waals surface area contributed by atoms with Crippen molar-refractivity contribution in [2.24, 2.45) is 0 Å². The van der Waals surface area contributed by atoms with Crippen LogP contribution in [0, 0.1) is 0 Å². The Hall–Kier alpha value is -1.36. The Morgan fingerprint density at radius 3 is 2.19 bits per heavy atom. The summed E-state index contributed by atoms with van der Waals surface area (Å²) in [5, 5.41) is 0. The van der Waals surface area contributed by atoms with E-state index in [0.29, 0.717) is 12.2 Å². The van der Waals surface area contributed by atoms with Crippen molar-refractivity contribution >= 4 is 21.4 Å². The molecule has 2 rings (SSSR count). The number of unbranched alkanes of at least 4 members (excludes halogenated alkanes) is 4. The van der Waals surface area contributed by atoms with Crippen LogP contribution in [-0.4, -0.2) is 31.4 Å². The molecule has 0 N–H and O–H groups in total. The van der Waals surface area contributed by atoms with Crippen molar-refractivity contribution in [1.82, 2.24) is 0 Å². The van der Waals surface area contributed by atoms with Gasteiger partial charge in [0.05, 0.1) is 10.5 Å². The summed E-state index contributed by atoms with van der Waals surface area (Å²) in [6.07, 6.45) is 8.87. The van der Waals surface area contributed by atoms with Crippen molar-refractivity contribution in [3.63, 3.8) is 0 Å². The maximum Gasteiger partial charge on any atom is 0.226 e.